The minimum absolute atomic E-state index is 0.279. The zero-order valence-electron chi connectivity index (χ0n) is 15.2. The molecule has 2 aromatic heterocycles. The summed E-state index contributed by atoms with van der Waals surface area (Å²) in [7, 11) is 0. The van der Waals surface area contributed by atoms with Crippen molar-refractivity contribution in [1.29, 1.82) is 0 Å². The molecule has 3 rings (SSSR count). The number of hydrogen-bond donors (Lipinski definition) is 1. The standard InChI is InChI=1S/C19H21N3O3S/c1-5-25-19(23)17-12(4)21-18(26-17)13-6-7-16-15(8-13)14(9-20-24)10-22(16)11(2)3/h6-11,24H,5H2,1-4H3/b20-9+. The molecule has 1 N–H and O–H groups in total. The third-order valence-electron chi connectivity index (χ3n) is 4.12. The molecule has 136 valence electrons. The van der Waals surface area contributed by atoms with Gasteiger partial charge in [0.25, 0.3) is 0 Å². The van der Waals surface area contributed by atoms with Gasteiger partial charge in [0, 0.05) is 34.3 Å². The number of oxime groups is 1. The van der Waals surface area contributed by atoms with Gasteiger partial charge in [-0.25, -0.2) is 9.78 Å². The van der Waals surface area contributed by atoms with Crippen molar-refractivity contribution in [3.05, 3.63) is 40.5 Å². The molecule has 3 aromatic rings. The average molecular weight is 371 g/mol. The second-order valence-electron chi connectivity index (χ2n) is 6.22. The summed E-state index contributed by atoms with van der Waals surface area (Å²) in [5, 5.41) is 13.9. The van der Waals surface area contributed by atoms with E-state index in [1.807, 2.05) is 31.3 Å². The van der Waals surface area contributed by atoms with Crippen LogP contribution in [0.15, 0.2) is 29.6 Å². The number of carbonyl (C=O) groups excluding carboxylic acids is 1. The van der Waals surface area contributed by atoms with E-state index >= 15 is 0 Å². The van der Waals surface area contributed by atoms with Crippen molar-refractivity contribution in [1.82, 2.24) is 9.55 Å². The lowest BCUT2D eigenvalue weighted by molar-refractivity contribution is 0.0531. The number of benzene rings is 1. The lowest BCUT2D eigenvalue weighted by atomic mass is 10.1. The van der Waals surface area contributed by atoms with Gasteiger partial charge in [0.05, 0.1) is 18.5 Å². The van der Waals surface area contributed by atoms with Crippen LogP contribution in [0.1, 0.15) is 47.7 Å². The monoisotopic (exact) mass is 371 g/mol. The van der Waals surface area contributed by atoms with Crippen LogP contribution in [0.4, 0.5) is 0 Å². The first kappa shape index (κ1) is 18.1. The van der Waals surface area contributed by atoms with Crippen LogP contribution in [0.25, 0.3) is 21.5 Å². The van der Waals surface area contributed by atoms with Crippen LogP contribution in [0.5, 0.6) is 0 Å². The maximum Gasteiger partial charge on any atom is 0.350 e. The molecule has 0 fully saturated rings. The van der Waals surface area contributed by atoms with Gasteiger partial charge in [0.15, 0.2) is 0 Å². The first-order chi connectivity index (χ1) is 12.5. The van der Waals surface area contributed by atoms with E-state index in [2.05, 4.69) is 28.6 Å². The number of fused-ring (bicyclic) bond motifs is 1. The Morgan fingerprint density at radius 2 is 2.23 bits per heavy atom. The SMILES string of the molecule is CCOC(=O)c1sc(-c2ccc3c(c2)c(/C=N/O)cn3C(C)C)nc1C. The Balaban J connectivity index is 2.11. The molecule has 6 nitrogen and oxygen atoms in total. The summed E-state index contributed by atoms with van der Waals surface area (Å²) >= 11 is 1.33. The number of thiazole rings is 1. The molecule has 2 heterocycles. The number of rotatable bonds is 5. The van der Waals surface area contributed by atoms with Crippen molar-refractivity contribution in [3.63, 3.8) is 0 Å². The molecule has 0 amide bonds. The van der Waals surface area contributed by atoms with Crippen LogP contribution in [0.2, 0.25) is 0 Å². The lowest BCUT2D eigenvalue weighted by Gasteiger charge is -2.09. The number of aromatic nitrogens is 2. The summed E-state index contributed by atoms with van der Waals surface area (Å²) < 4.78 is 7.22. The van der Waals surface area contributed by atoms with Crippen LogP contribution >= 0.6 is 11.3 Å². The summed E-state index contributed by atoms with van der Waals surface area (Å²) in [5.74, 6) is -0.339. The van der Waals surface area contributed by atoms with E-state index in [9.17, 15) is 4.79 Å². The molecule has 0 atom stereocenters. The van der Waals surface area contributed by atoms with Gasteiger partial charge in [0.1, 0.15) is 9.88 Å². The predicted molar refractivity (Wildman–Crippen MR) is 104 cm³/mol. The molecule has 26 heavy (non-hydrogen) atoms. The number of ether oxygens (including phenoxy) is 1. The molecule has 0 aliphatic heterocycles. The fourth-order valence-electron chi connectivity index (χ4n) is 2.91. The number of carbonyl (C=O) groups is 1. The fourth-order valence-corrected chi connectivity index (χ4v) is 3.87. The Kier molecular flexibility index (Phi) is 5.08. The van der Waals surface area contributed by atoms with Gasteiger partial charge in [-0.3, -0.25) is 0 Å². The van der Waals surface area contributed by atoms with E-state index in [1.54, 1.807) is 6.92 Å². The van der Waals surface area contributed by atoms with E-state index in [-0.39, 0.29) is 12.0 Å². The second kappa shape index (κ2) is 7.29. The van der Waals surface area contributed by atoms with Gasteiger partial charge in [-0.1, -0.05) is 5.16 Å². The molecule has 7 heteroatoms. The molecule has 0 radical (unpaired) electrons. The second-order valence-corrected chi connectivity index (χ2v) is 7.22. The van der Waals surface area contributed by atoms with Gasteiger partial charge in [0.2, 0.25) is 0 Å². The minimum atomic E-state index is -0.339. The predicted octanol–water partition coefficient (Wildman–Crippen LogP) is 4.64. The first-order valence-electron chi connectivity index (χ1n) is 8.43. The molecular formula is C19H21N3O3S. The van der Waals surface area contributed by atoms with Gasteiger partial charge < -0.3 is 14.5 Å². The van der Waals surface area contributed by atoms with Crippen LogP contribution < -0.4 is 0 Å². The normalized spacial score (nSPS) is 11.7. The summed E-state index contributed by atoms with van der Waals surface area (Å²) in [6.07, 6.45) is 3.40. The number of aryl methyl sites for hydroxylation is 1. The van der Waals surface area contributed by atoms with Crippen molar-refractivity contribution in [2.75, 3.05) is 6.61 Å². The summed E-state index contributed by atoms with van der Waals surface area (Å²) in [6, 6.07) is 6.31. The van der Waals surface area contributed by atoms with Gasteiger partial charge in [-0.2, -0.15) is 0 Å². The Bertz CT molecular complexity index is 985. The zero-order valence-corrected chi connectivity index (χ0v) is 16.0. The number of esters is 1. The Morgan fingerprint density at radius 3 is 2.88 bits per heavy atom. The van der Waals surface area contributed by atoms with E-state index in [0.29, 0.717) is 17.2 Å². The molecular weight excluding hydrogens is 350 g/mol. The molecule has 0 bridgehead atoms. The minimum Gasteiger partial charge on any atom is -0.462 e. The summed E-state index contributed by atoms with van der Waals surface area (Å²) in [5.41, 5.74) is 3.46. The zero-order chi connectivity index (χ0) is 18.8. The molecule has 0 aliphatic carbocycles. The highest BCUT2D eigenvalue weighted by Gasteiger charge is 2.18. The lowest BCUT2D eigenvalue weighted by Crippen LogP contribution is -2.03. The highest BCUT2D eigenvalue weighted by Crippen LogP contribution is 2.33. The quantitative estimate of drug-likeness (QED) is 0.307. The molecule has 0 saturated carbocycles. The Morgan fingerprint density at radius 1 is 1.46 bits per heavy atom. The largest absolute Gasteiger partial charge is 0.462 e. The fraction of sp³-hybridized carbons (Fsp3) is 0.316. The third kappa shape index (κ3) is 3.22. The van der Waals surface area contributed by atoms with Crippen LogP contribution in [0.3, 0.4) is 0 Å². The summed E-state index contributed by atoms with van der Waals surface area (Å²) in [6.45, 7) is 8.13. The topological polar surface area (TPSA) is 76.7 Å². The van der Waals surface area contributed by atoms with Crippen molar-refractivity contribution >= 4 is 34.4 Å². The van der Waals surface area contributed by atoms with Crippen molar-refractivity contribution in [3.8, 4) is 10.6 Å². The Hall–Kier alpha value is -2.67. The maximum atomic E-state index is 12.0. The summed E-state index contributed by atoms with van der Waals surface area (Å²) in [4.78, 5) is 17.1. The Labute approximate surface area is 155 Å². The van der Waals surface area contributed by atoms with Crippen molar-refractivity contribution < 1.29 is 14.7 Å². The van der Waals surface area contributed by atoms with E-state index < -0.39 is 0 Å². The molecule has 1 aromatic carbocycles. The van der Waals surface area contributed by atoms with Gasteiger partial charge >= 0.3 is 5.97 Å². The maximum absolute atomic E-state index is 12.0. The van der Waals surface area contributed by atoms with E-state index in [4.69, 9.17) is 9.94 Å². The highest BCUT2D eigenvalue weighted by molar-refractivity contribution is 7.17. The van der Waals surface area contributed by atoms with Crippen molar-refractivity contribution in [2.45, 2.75) is 33.7 Å². The van der Waals surface area contributed by atoms with Crippen LogP contribution in [0, 0.1) is 6.92 Å². The average Bonchev–Trinajstić information content (AvgIpc) is 3.16. The molecule has 0 saturated heterocycles. The number of hydrogen-bond acceptors (Lipinski definition) is 6. The molecule has 0 aliphatic rings. The number of nitrogens with zero attached hydrogens (tertiary/aromatic N) is 3. The molecule has 0 spiro atoms. The van der Waals surface area contributed by atoms with Crippen molar-refractivity contribution in [2.24, 2.45) is 5.16 Å². The van der Waals surface area contributed by atoms with Crippen LogP contribution in [-0.2, 0) is 4.74 Å². The van der Waals surface area contributed by atoms with E-state index in [0.717, 1.165) is 27.0 Å². The highest BCUT2D eigenvalue weighted by atomic mass is 32.1. The van der Waals surface area contributed by atoms with Crippen LogP contribution in [-0.4, -0.2) is 33.5 Å². The first-order valence-corrected chi connectivity index (χ1v) is 9.24. The molecule has 0 unspecified atom stereocenters. The van der Waals surface area contributed by atoms with Gasteiger partial charge in [-0.15, -0.1) is 11.3 Å². The third-order valence-corrected chi connectivity index (χ3v) is 5.31. The van der Waals surface area contributed by atoms with Gasteiger partial charge in [-0.05, 0) is 45.9 Å². The smallest absolute Gasteiger partial charge is 0.350 e. The van der Waals surface area contributed by atoms with E-state index in [1.165, 1.54) is 17.6 Å².